The van der Waals surface area contributed by atoms with Crippen molar-refractivity contribution < 1.29 is 14.6 Å². The molecule has 1 aromatic carbocycles. The van der Waals surface area contributed by atoms with Gasteiger partial charge in [-0.3, -0.25) is 0 Å². The van der Waals surface area contributed by atoms with E-state index in [4.69, 9.17) is 4.74 Å². The van der Waals surface area contributed by atoms with Crippen LogP contribution >= 0.6 is 12.4 Å². The second-order valence-corrected chi connectivity index (χ2v) is 8.66. The summed E-state index contributed by atoms with van der Waals surface area (Å²) in [5.41, 5.74) is -0.815. The maximum Gasteiger partial charge on any atom is 0.343 e. The number of carbonyl (C=O) groups is 1. The largest absolute Gasteiger partial charge is 0.459 e. The van der Waals surface area contributed by atoms with Crippen LogP contribution in [-0.4, -0.2) is 42.2 Å². The van der Waals surface area contributed by atoms with Gasteiger partial charge in [-0.15, -0.1) is 12.4 Å². The molecule has 4 nitrogen and oxygen atoms in total. The van der Waals surface area contributed by atoms with Crippen molar-refractivity contribution in [3.8, 4) is 0 Å². The lowest BCUT2D eigenvalue weighted by atomic mass is 9.75. The Morgan fingerprint density at radius 3 is 2.22 bits per heavy atom. The number of esters is 1. The molecule has 0 spiro atoms. The van der Waals surface area contributed by atoms with Gasteiger partial charge >= 0.3 is 5.97 Å². The summed E-state index contributed by atoms with van der Waals surface area (Å²) >= 11 is 0. The summed E-state index contributed by atoms with van der Waals surface area (Å²) in [6, 6.07) is 9.45. The zero-order valence-corrected chi connectivity index (χ0v) is 17.0. The third-order valence-corrected chi connectivity index (χ3v) is 6.89. The number of benzene rings is 1. The van der Waals surface area contributed by atoms with Crippen molar-refractivity contribution in [2.45, 2.75) is 56.7 Å². The van der Waals surface area contributed by atoms with Gasteiger partial charge in [-0.05, 0) is 38.3 Å². The fourth-order valence-corrected chi connectivity index (χ4v) is 5.58. The number of hydrogen-bond acceptors (Lipinski definition) is 4. The third kappa shape index (κ3) is 3.90. The lowest BCUT2D eigenvalue weighted by Crippen LogP contribution is -2.54. The van der Waals surface area contributed by atoms with Crippen molar-refractivity contribution in [1.29, 1.82) is 0 Å². The van der Waals surface area contributed by atoms with Gasteiger partial charge < -0.3 is 14.7 Å². The first kappa shape index (κ1) is 20.6. The first-order valence-electron chi connectivity index (χ1n) is 10.3. The van der Waals surface area contributed by atoms with Gasteiger partial charge in [0.25, 0.3) is 0 Å². The van der Waals surface area contributed by atoms with E-state index in [9.17, 15) is 9.90 Å². The Balaban J connectivity index is 0.00000210. The number of nitrogens with zero attached hydrogens (tertiary/aromatic N) is 1. The van der Waals surface area contributed by atoms with Crippen LogP contribution in [0, 0.1) is 17.8 Å². The van der Waals surface area contributed by atoms with E-state index in [1.165, 1.54) is 6.42 Å². The van der Waals surface area contributed by atoms with Gasteiger partial charge in [0.2, 0.25) is 0 Å². The second kappa shape index (κ2) is 8.50. The van der Waals surface area contributed by atoms with Crippen LogP contribution in [0.1, 0.15) is 50.5 Å². The van der Waals surface area contributed by atoms with Crippen molar-refractivity contribution in [3.05, 3.63) is 35.9 Å². The molecule has 1 aromatic rings. The van der Waals surface area contributed by atoms with Crippen molar-refractivity contribution in [3.63, 3.8) is 0 Å². The monoisotopic (exact) mass is 393 g/mol. The van der Waals surface area contributed by atoms with E-state index in [0.29, 0.717) is 17.4 Å². The summed E-state index contributed by atoms with van der Waals surface area (Å²) < 4.78 is 6.12. The van der Waals surface area contributed by atoms with E-state index in [0.717, 1.165) is 51.6 Å². The highest BCUT2D eigenvalue weighted by atomic mass is 35.5. The molecule has 27 heavy (non-hydrogen) atoms. The van der Waals surface area contributed by atoms with Gasteiger partial charge in [-0.2, -0.15) is 0 Å². The first-order chi connectivity index (χ1) is 12.6. The molecule has 0 radical (unpaired) electrons. The molecule has 0 aromatic heterocycles. The number of likely N-dealkylation sites (tertiary alicyclic amines) is 1. The fourth-order valence-electron chi connectivity index (χ4n) is 5.58. The average molecular weight is 394 g/mol. The molecular formula is C22H32ClNO3. The maximum absolute atomic E-state index is 13.3. The summed E-state index contributed by atoms with van der Waals surface area (Å²) in [6.07, 6.45) is 7.35. The predicted molar refractivity (Wildman–Crippen MR) is 108 cm³/mol. The number of piperidine rings is 1. The highest BCUT2D eigenvalue weighted by molar-refractivity contribution is 5.85. The molecule has 2 saturated carbocycles. The van der Waals surface area contributed by atoms with E-state index in [1.54, 1.807) is 0 Å². The first-order valence-corrected chi connectivity index (χ1v) is 10.3. The quantitative estimate of drug-likeness (QED) is 0.791. The topological polar surface area (TPSA) is 49.8 Å². The van der Waals surface area contributed by atoms with Crippen LogP contribution in [0.4, 0.5) is 0 Å². The lowest BCUT2D eigenvalue weighted by molar-refractivity contribution is -0.191. The summed E-state index contributed by atoms with van der Waals surface area (Å²) in [6.45, 7) is 1.98. The van der Waals surface area contributed by atoms with Crippen LogP contribution < -0.4 is 0 Å². The number of carbonyl (C=O) groups excluding carboxylic acids is 1. The molecule has 1 saturated heterocycles. The minimum Gasteiger partial charge on any atom is -0.459 e. The maximum atomic E-state index is 13.3. The Morgan fingerprint density at radius 1 is 1.04 bits per heavy atom. The summed E-state index contributed by atoms with van der Waals surface area (Å²) in [7, 11) is 2.15. The molecule has 1 heterocycles. The molecule has 150 valence electrons. The lowest BCUT2D eigenvalue weighted by Gasteiger charge is -2.46. The van der Waals surface area contributed by atoms with Crippen LogP contribution in [-0.2, 0) is 15.1 Å². The molecule has 2 bridgehead atoms. The molecule has 3 fully saturated rings. The van der Waals surface area contributed by atoms with Crippen molar-refractivity contribution in [1.82, 2.24) is 4.90 Å². The minimum absolute atomic E-state index is 0. The van der Waals surface area contributed by atoms with Crippen LogP contribution in [0.3, 0.4) is 0 Å². The SMILES string of the molecule is CN1CC2CCC[C@H](C1)C2OC(=O)C(O)(c1ccccc1)C1CCCC1.Cl. The molecule has 4 atom stereocenters. The minimum atomic E-state index is -1.50. The van der Waals surface area contributed by atoms with Gasteiger partial charge in [-0.1, -0.05) is 49.6 Å². The second-order valence-electron chi connectivity index (χ2n) is 8.66. The summed E-state index contributed by atoms with van der Waals surface area (Å²) in [5.74, 6) is 0.352. The van der Waals surface area contributed by atoms with Gasteiger partial charge in [0.15, 0.2) is 5.60 Å². The summed E-state index contributed by atoms with van der Waals surface area (Å²) in [5, 5.41) is 11.6. The van der Waals surface area contributed by atoms with E-state index >= 15 is 0 Å². The molecule has 3 aliphatic rings. The molecule has 0 amide bonds. The van der Waals surface area contributed by atoms with Crippen molar-refractivity contribution in [2.24, 2.45) is 17.8 Å². The van der Waals surface area contributed by atoms with E-state index < -0.39 is 11.6 Å². The predicted octanol–water partition coefficient (Wildman–Crippen LogP) is 3.76. The normalized spacial score (nSPS) is 31.0. The number of hydrogen-bond donors (Lipinski definition) is 1. The Morgan fingerprint density at radius 2 is 1.63 bits per heavy atom. The van der Waals surface area contributed by atoms with E-state index in [1.807, 2.05) is 30.3 Å². The highest BCUT2D eigenvalue weighted by Gasteiger charge is 2.50. The third-order valence-electron chi connectivity index (χ3n) is 6.89. The average Bonchev–Trinajstić information content (AvgIpc) is 3.17. The summed E-state index contributed by atoms with van der Waals surface area (Å²) in [4.78, 5) is 15.7. The van der Waals surface area contributed by atoms with Gasteiger partial charge in [0, 0.05) is 30.8 Å². The smallest absolute Gasteiger partial charge is 0.343 e. The van der Waals surface area contributed by atoms with Crippen LogP contribution in [0.2, 0.25) is 0 Å². The molecular weight excluding hydrogens is 362 g/mol. The van der Waals surface area contributed by atoms with Crippen molar-refractivity contribution >= 4 is 18.4 Å². The molecule has 5 heteroatoms. The number of aliphatic hydroxyl groups is 1. The van der Waals surface area contributed by atoms with E-state index in [2.05, 4.69) is 11.9 Å². The molecule has 1 aliphatic heterocycles. The number of ether oxygens (including phenoxy) is 1. The Kier molecular flexibility index (Phi) is 6.50. The molecule has 4 rings (SSSR count). The van der Waals surface area contributed by atoms with Gasteiger partial charge in [0.1, 0.15) is 6.10 Å². The van der Waals surface area contributed by atoms with Crippen LogP contribution in [0.5, 0.6) is 0 Å². The highest BCUT2D eigenvalue weighted by Crippen LogP contribution is 2.43. The Labute approximate surface area is 168 Å². The van der Waals surface area contributed by atoms with E-state index in [-0.39, 0.29) is 24.4 Å². The van der Waals surface area contributed by atoms with Crippen LogP contribution in [0.15, 0.2) is 30.3 Å². The Bertz CT molecular complexity index is 620. The number of rotatable bonds is 4. The van der Waals surface area contributed by atoms with Crippen LogP contribution in [0.25, 0.3) is 0 Å². The zero-order valence-electron chi connectivity index (χ0n) is 16.2. The Hall–Kier alpha value is -1.10. The molecule has 1 N–H and O–H groups in total. The molecule has 2 aliphatic carbocycles. The molecule has 3 unspecified atom stereocenters. The zero-order chi connectivity index (χ0) is 18.1. The number of fused-ring (bicyclic) bond motifs is 2. The standard InChI is InChI=1S/C22H31NO3.ClH/c1-23-14-16-8-7-9-17(15-23)20(16)26-21(24)22(25,19-12-5-6-13-19)18-10-3-2-4-11-18;/h2-4,10-11,16-17,19-20,25H,5-9,12-15H2,1H3;1H/t16-,17?,20?,22?;/m1./s1. The fraction of sp³-hybridized carbons (Fsp3) is 0.682. The number of halogens is 1. The van der Waals surface area contributed by atoms with Gasteiger partial charge in [-0.25, -0.2) is 4.79 Å². The van der Waals surface area contributed by atoms with Crippen molar-refractivity contribution in [2.75, 3.05) is 20.1 Å². The van der Waals surface area contributed by atoms with Gasteiger partial charge in [0.05, 0.1) is 0 Å².